The summed E-state index contributed by atoms with van der Waals surface area (Å²) in [4.78, 5) is 14.7. The Hall–Kier alpha value is -2.33. The maximum Gasteiger partial charge on any atom is 0.255 e. The Kier molecular flexibility index (Phi) is 7.08. The fourth-order valence-electron chi connectivity index (χ4n) is 3.24. The van der Waals surface area contributed by atoms with Gasteiger partial charge < -0.3 is 15.0 Å². The largest absolute Gasteiger partial charge is 0.494 e. The number of nitrogens with one attached hydrogen (secondary N) is 1. The van der Waals surface area contributed by atoms with Crippen molar-refractivity contribution < 1.29 is 9.53 Å². The zero-order chi connectivity index (χ0) is 18.0. The minimum absolute atomic E-state index is 0.0997. The molecule has 1 heterocycles. The smallest absolute Gasteiger partial charge is 0.255 e. The van der Waals surface area contributed by atoms with E-state index in [1.165, 1.54) is 45.3 Å². The monoisotopic (exact) mass is 352 g/mol. The van der Waals surface area contributed by atoms with E-state index in [2.05, 4.69) is 10.2 Å². The van der Waals surface area contributed by atoms with Gasteiger partial charge in [0.1, 0.15) is 5.75 Å². The van der Waals surface area contributed by atoms with E-state index in [9.17, 15) is 4.79 Å². The number of hydrogen-bond donors (Lipinski definition) is 1. The van der Waals surface area contributed by atoms with Crippen LogP contribution in [-0.4, -0.2) is 37.0 Å². The first-order valence-corrected chi connectivity index (χ1v) is 9.63. The molecule has 0 bridgehead atoms. The first-order valence-electron chi connectivity index (χ1n) is 9.63. The highest BCUT2D eigenvalue weighted by Crippen LogP contribution is 2.17. The lowest BCUT2D eigenvalue weighted by molar-refractivity contribution is 0.102. The van der Waals surface area contributed by atoms with Crippen molar-refractivity contribution in [2.24, 2.45) is 0 Å². The van der Waals surface area contributed by atoms with Gasteiger partial charge in [0.15, 0.2) is 0 Å². The van der Waals surface area contributed by atoms with Crippen LogP contribution in [0.2, 0.25) is 0 Å². The number of nitrogens with zero attached hydrogens (tertiary/aromatic N) is 1. The Labute approximate surface area is 156 Å². The number of carbonyl (C=O) groups excluding carboxylic acids is 1. The summed E-state index contributed by atoms with van der Waals surface area (Å²) in [6.07, 6.45) is 6.28. The topological polar surface area (TPSA) is 41.6 Å². The van der Waals surface area contributed by atoms with Crippen molar-refractivity contribution in [3.05, 3.63) is 60.2 Å². The molecule has 0 saturated carbocycles. The van der Waals surface area contributed by atoms with Crippen molar-refractivity contribution in [2.75, 3.05) is 31.6 Å². The molecule has 0 radical (unpaired) electrons. The lowest BCUT2D eigenvalue weighted by atomic mass is 10.2. The van der Waals surface area contributed by atoms with Crippen molar-refractivity contribution in [3.63, 3.8) is 0 Å². The van der Waals surface area contributed by atoms with E-state index >= 15 is 0 Å². The SMILES string of the molecule is O=C(Nc1ccc(OCCCCCN2CCCC2)cc1)c1ccccc1. The van der Waals surface area contributed by atoms with Crippen molar-refractivity contribution in [1.82, 2.24) is 4.90 Å². The maximum atomic E-state index is 12.1. The highest BCUT2D eigenvalue weighted by molar-refractivity contribution is 6.04. The Morgan fingerprint density at radius 1 is 0.923 bits per heavy atom. The summed E-state index contributed by atoms with van der Waals surface area (Å²) in [6, 6.07) is 16.8. The van der Waals surface area contributed by atoms with E-state index in [1.54, 1.807) is 12.1 Å². The first-order chi connectivity index (χ1) is 12.8. The van der Waals surface area contributed by atoms with Gasteiger partial charge in [0.25, 0.3) is 5.91 Å². The third-order valence-electron chi connectivity index (χ3n) is 4.73. The van der Waals surface area contributed by atoms with Crippen LogP contribution in [0.3, 0.4) is 0 Å². The van der Waals surface area contributed by atoms with Gasteiger partial charge in [0.2, 0.25) is 0 Å². The molecule has 1 aliphatic rings. The van der Waals surface area contributed by atoms with Gasteiger partial charge in [-0.1, -0.05) is 18.2 Å². The van der Waals surface area contributed by atoms with E-state index in [0.717, 1.165) is 24.5 Å². The van der Waals surface area contributed by atoms with Crippen molar-refractivity contribution in [1.29, 1.82) is 0 Å². The summed E-state index contributed by atoms with van der Waals surface area (Å²) in [5.74, 6) is 0.750. The Morgan fingerprint density at radius 3 is 2.38 bits per heavy atom. The molecule has 4 heteroatoms. The number of amides is 1. The Morgan fingerprint density at radius 2 is 1.65 bits per heavy atom. The number of carbonyl (C=O) groups is 1. The number of rotatable bonds is 9. The molecule has 2 aromatic carbocycles. The van der Waals surface area contributed by atoms with Gasteiger partial charge in [-0.3, -0.25) is 4.79 Å². The number of hydrogen-bond acceptors (Lipinski definition) is 3. The van der Waals surface area contributed by atoms with Crippen molar-refractivity contribution >= 4 is 11.6 Å². The van der Waals surface area contributed by atoms with E-state index in [4.69, 9.17) is 4.74 Å². The zero-order valence-electron chi connectivity index (χ0n) is 15.3. The van der Waals surface area contributed by atoms with E-state index in [1.807, 2.05) is 42.5 Å². The second-order valence-electron chi connectivity index (χ2n) is 6.80. The van der Waals surface area contributed by atoms with E-state index in [-0.39, 0.29) is 5.91 Å². The minimum Gasteiger partial charge on any atom is -0.494 e. The highest BCUT2D eigenvalue weighted by atomic mass is 16.5. The number of ether oxygens (including phenoxy) is 1. The average Bonchev–Trinajstić information content (AvgIpc) is 3.20. The van der Waals surface area contributed by atoms with Crippen LogP contribution >= 0.6 is 0 Å². The fraction of sp³-hybridized carbons (Fsp3) is 0.409. The third kappa shape index (κ3) is 5.88. The standard InChI is InChI=1S/C22H28N2O2/c25-22(19-9-3-1-4-10-19)23-20-11-13-21(14-12-20)26-18-8-2-5-15-24-16-6-7-17-24/h1,3-4,9-14H,2,5-8,15-18H2,(H,23,25). The summed E-state index contributed by atoms with van der Waals surface area (Å²) in [6.45, 7) is 4.54. The Bertz CT molecular complexity index is 664. The molecule has 1 amide bonds. The van der Waals surface area contributed by atoms with Crippen LogP contribution < -0.4 is 10.1 Å². The number of benzene rings is 2. The second-order valence-corrected chi connectivity index (χ2v) is 6.80. The van der Waals surface area contributed by atoms with Crippen molar-refractivity contribution in [3.8, 4) is 5.75 Å². The lowest BCUT2D eigenvalue weighted by Crippen LogP contribution is -2.20. The Balaban J connectivity index is 1.33. The fourth-order valence-corrected chi connectivity index (χ4v) is 3.24. The molecule has 0 unspecified atom stereocenters. The molecule has 4 nitrogen and oxygen atoms in total. The molecule has 0 aromatic heterocycles. The number of likely N-dealkylation sites (tertiary alicyclic amines) is 1. The van der Waals surface area contributed by atoms with Crippen LogP contribution in [0.1, 0.15) is 42.5 Å². The summed E-state index contributed by atoms with van der Waals surface area (Å²) >= 11 is 0. The van der Waals surface area contributed by atoms with E-state index < -0.39 is 0 Å². The molecule has 1 saturated heterocycles. The van der Waals surface area contributed by atoms with Gasteiger partial charge in [-0.25, -0.2) is 0 Å². The predicted octanol–water partition coefficient (Wildman–Crippen LogP) is 4.58. The van der Waals surface area contributed by atoms with Gasteiger partial charge in [0, 0.05) is 11.3 Å². The molecular weight excluding hydrogens is 324 g/mol. The first kappa shape index (κ1) is 18.5. The van der Waals surface area contributed by atoms with Crippen LogP contribution in [0.15, 0.2) is 54.6 Å². The van der Waals surface area contributed by atoms with Crippen LogP contribution in [0.5, 0.6) is 5.75 Å². The molecule has 26 heavy (non-hydrogen) atoms. The molecule has 0 aliphatic carbocycles. The van der Waals surface area contributed by atoms with Gasteiger partial charge in [-0.15, -0.1) is 0 Å². The maximum absolute atomic E-state index is 12.1. The molecule has 2 aromatic rings. The molecule has 1 N–H and O–H groups in total. The minimum atomic E-state index is -0.0997. The highest BCUT2D eigenvalue weighted by Gasteiger charge is 2.10. The predicted molar refractivity (Wildman–Crippen MR) is 106 cm³/mol. The molecule has 0 atom stereocenters. The lowest BCUT2D eigenvalue weighted by Gasteiger charge is -2.14. The third-order valence-corrected chi connectivity index (χ3v) is 4.73. The van der Waals surface area contributed by atoms with Crippen LogP contribution in [0, 0.1) is 0 Å². The van der Waals surface area contributed by atoms with Gasteiger partial charge >= 0.3 is 0 Å². The van der Waals surface area contributed by atoms with Crippen LogP contribution in [0.4, 0.5) is 5.69 Å². The zero-order valence-corrected chi connectivity index (χ0v) is 15.3. The van der Waals surface area contributed by atoms with Crippen LogP contribution in [-0.2, 0) is 0 Å². The summed E-state index contributed by atoms with van der Waals surface area (Å²) in [5, 5.41) is 2.90. The van der Waals surface area contributed by atoms with E-state index in [0.29, 0.717) is 5.56 Å². The second kappa shape index (κ2) is 9.97. The van der Waals surface area contributed by atoms with Gasteiger partial charge in [0.05, 0.1) is 6.61 Å². The van der Waals surface area contributed by atoms with Crippen LogP contribution in [0.25, 0.3) is 0 Å². The normalized spacial score (nSPS) is 14.3. The summed E-state index contributed by atoms with van der Waals surface area (Å²) in [7, 11) is 0. The molecule has 1 fully saturated rings. The molecule has 0 spiro atoms. The molecule has 3 rings (SSSR count). The van der Waals surface area contributed by atoms with Gasteiger partial charge in [-0.05, 0) is 88.1 Å². The molecule has 1 aliphatic heterocycles. The van der Waals surface area contributed by atoms with Gasteiger partial charge in [-0.2, -0.15) is 0 Å². The summed E-state index contributed by atoms with van der Waals surface area (Å²) in [5.41, 5.74) is 1.43. The molecular formula is C22H28N2O2. The molecule has 138 valence electrons. The average molecular weight is 352 g/mol. The van der Waals surface area contributed by atoms with Crippen molar-refractivity contribution in [2.45, 2.75) is 32.1 Å². The number of anilines is 1. The number of unbranched alkanes of at least 4 members (excludes halogenated alkanes) is 2. The quantitative estimate of drug-likeness (QED) is 0.672. The summed E-state index contributed by atoms with van der Waals surface area (Å²) < 4.78 is 5.80.